The number of halogens is 1. The molecule has 0 radical (unpaired) electrons. The van der Waals surface area contributed by atoms with Gasteiger partial charge in [0.05, 0.1) is 28.6 Å². The first-order valence-electron chi connectivity index (χ1n) is 9.92. The standard InChI is InChI=1S/C24H22BrNO4S2.2Na.2H/c25-19-7-5-17-6-9-20(26-21(17)15-19)8-4-16-2-1-3-18(14-16)24(31-12-10-22(27)28)32-13-11-23(29)30;;;;/h1-9,14-15,24H,10-13H2,(H,27,28)(H,29,30);;;;/q;2*+1;2*-1/b8-4+;;;;. The molecule has 0 saturated carbocycles. The zero-order valence-corrected chi connectivity index (χ0v) is 26.3. The van der Waals surface area contributed by atoms with E-state index in [2.05, 4.69) is 27.0 Å². The van der Waals surface area contributed by atoms with Crippen molar-refractivity contribution in [3.8, 4) is 0 Å². The Kier molecular flexibility index (Phi) is 15.4. The van der Waals surface area contributed by atoms with E-state index >= 15 is 0 Å². The van der Waals surface area contributed by atoms with Gasteiger partial charge in [-0.15, -0.1) is 23.5 Å². The van der Waals surface area contributed by atoms with E-state index in [1.54, 1.807) is 0 Å². The fraction of sp³-hybridized carbons (Fsp3) is 0.208. The summed E-state index contributed by atoms with van der Waals surface area (Å²) in [4.78, 5) is 26.4. The van der Waals surface area contributed by atoms with Crippen molar-refractivity contribution in [3.63, 3.8) is 0 Å². The van der Waals surface area contributed by atoms with Crippen LogP contribution in [0.3, 0.4) is 0 Å². The van der Waals surface area contributed by atoms with Crippen molar-refractivity contribution in [1.82, 2.24) is 4.98 Å². The van der Waals surface area contributed by atoms with Gasteiger partial charge in [0, 0.05) is 21.4 Å². The molecule has 0 aliphatic carbocycles. The van der Waals surface area contributed by atoms with Crippen LogP contribution in [0.4, 0.5) is 0 Å². The molecular weight excluding hydrogens is 556 g/mol. The summed E-state index contributed by atoms with van der Waals surface area (Å²) in [5, 5.41) is 18.9. The van der Waals surface area contributed by atoms with Crippen molar-refractivity contribution in [2.75, 3.05) is 11.5 Å². The van der Waals surface area contributed by atoms with E-state index in [-0.39, 0.29) is 79.4 Å². The summed E-state index contributed by atoms with van der Waals surface area (Å²) in [6.45, 7) is 0. The third-order valence-corrected chi connectivity index (χ3v) is 7.81. The average molecular weight is 580 g/mol. The van der Waals surface area contributed by atoms with E-state index in [1.165, 1.54) is 23.5 Å². The van der Waals surface area contributed by atoms with Gasteiger partial charge in [0.15, 0.2) is 0 Å². The molecule has 0 atom stereocenters. The van der Waals surface area contributed by atoms with Crippen molar-refractivity contribution in [1.29, 1.82) is 0 Å². The Morgan fingerprint density at radius 1 is 0.941 bits per heavy atom. The molecule has 0 bridgehead atoms. The molecule has 5 nitrogen and oxygen atoms in total. The Balaban J connectivity index is 0. The van der Waals surface area contributed by atoms with Crippen molar-refractivity contribution in [2.45, 2.75) is 17.4 Å². The summed E-state index contributed by atoms with van der Waals surface area (Å²) in [6, 6.07) is 18.0. The second kappa shape index (κ2) is 16.5. The molecule has 0 fully saturated rings. The van der Waals surface area contributed by atoms with Gasteiger partial charge in [-0.05, 0) is 41.5 Å². The largest absolute Gasteiger partial charge is 1.00 e. The smallest absolute Gasteiger partial charge is 1.00 e. The molecule has 1 aromatic heterocycles. The summed E-state index contributed by atoms with van der Waals surface area (Å²) in [7, 11) is 0. The van der Waals surface area contributed by atoms with E-state index in [4.69, 9.17) is 10.2 Å². The fourth-order valence-corrected chi connectivity index (χ4v) is 5.94. The number of hydrogen-bond donors (Lipinski definition) is 2. The summed E-state index contributed by atoms with van der Waals surface area (Å²) < 4.78 is 0.955. The molecule has 3 aromatic rings. The maximum absolute atomic E-state index is 10.9. The quantitative estimate of drug-likeness (QED) is 0.257. The number of carbonyl (C=O) groups is 2. The van der Waals surface area contributed by atoms with Gasteiger partial charge in [-0.25, -0.2) is 4.98 Å². The van der Waals surface area contributed by atoms with Gasteiger partial charge in [-0.1, -0.05) is 52.3 Å². The Bertz CT molecular complexity index is 1140. The summed E-state index contributed by atoms with van der Waals surface area (Å²) in [5.74, 6) is -0.732. The van der Waals surface area contributed by atoms with Crippen LogP contribution in [-0.2, 0) is 9.59 Å². The van der Waals surface area contributed by atoms with Crippen LogP contribution in [0.1, 0.15) is 37.1 Å². The molecule has 0 unspecified atom stereocenters. The van der Waals surface area contributed by atoms with Gasteiger partial charge < -0.3 is 13.1 Å². The van der Waals surface area contributed by atoms with Crippen molar-refractivity contribution < 1.29 is 81.8 Å². The molecule has 0 spiro atoms. The molecule has 2 N–H and O–H groups in total. The van der Waals surface area contributed by atoms with E-state index in [0.29, 0.717) is 11.5 Å². The summed E-state index contributed by atoms with van der Waals surface area (Å²) in [6.07, 6.45) is 4.11. The van der Waals surface area contributed by atoms with Crippen LogP contribution < -0.4 is 59.1 Å². The topological polar surface area (TPSA) is 87.5 Å². The third-order valence-electron chi connectivity index (χ3n) is 4.48. The van der Waals surface area contributed by atoms with Crippen molar-refractivity contribution in [3.05, 3.63) is 75.9 Å². The molecule has 1 heterocycles. The Morgan fingerprint density at radius 2 is 1.59 bits per heavy atom. The fourth-order valence-electron chi connectivity index (χ4n) is 2.94. The first kappa shape index (κ1) is 31.7. The summed E-state index contributed by atoms with van der Waals surface area (Å²) in [5.41, 5.74) is 3.80. The van der Waals surface area contributed by atoms with Crippen molar-refractivity contribution >= 4 is 74.4 Å². The van der Waals surface area contributed by atoms with Gasteiger partial charge in [0.1, 0.15) is 0 Å². The SMILES string of the molecule is O=C(O)CCSC(SCCC(=O)O)c1cccc(/C=C/c2ccc3ccc(Br)cc3n2)c1.[H-].[H-].[Na+].[Na+]. The predicted octanol–water partition coefficient (Wildman–Crippen LogP) is 0.815. The van der Waals surface area contributed by atoms with E-state index in [0.717, 1.165) is 32.2 Å². The summed E-state index contributed by atoms with van der Waals surface area (Å²) >= 11 is 6.54. The minimum atomic E-state index is -0.835. The van der Waals surface area contributed by atoms with Gasteiger partial charge in [-0.2, -0.15) is 0 Å². The Morgan fingerprint density at radius 3 is 2.24 bits per heavy atom. The number of carboxylic acid groups (broad SMARTS) is 2. The van der Waals surface area contributed by atoms with Crippen LogP contribution in [0.2, 0.25) is 0 Å². The number of rotatable bonds is 11. The predicted molar refractivity (Wildman–Crippen MR) is 139 cm³/mol. The maximum atomic E-state index is 10.9. The molecule has 0 amide bonds. The van der Waals surface area contributed by atoms with E-state index in [1.807, 2.05) is 60.7 Å². The van der Waals surface area contributed by atoms with Gasteiger partial charge in [-0.3, -0.25) is 9.59 Å². The molecule has 3 rings (SSSR count). The minimum Gasteiger partial charge on any atom is -1.00 e. The van der Waals surface area contributed by atoms with Crippen LogP contribution in [0, 0.1) is 0 Å². The zero-order valence-electron chi connectivity index (χ0n) is 21.1. The average Bonchev–Trinajstić information content (AvgIpc) is 2.76. The molecule has 170 valence electrons. The van der Waals surface area contributed by atoms with Crippen LogP contribution in [0.25, 0.3) is 23.1 Å². The number of aromatic nitrogens is 1. The number of aliphatic carboxylic acids is 2. The third kappa shape index (κ3) is 10.8. The monoisotopic (exact) mass is 579 g/mol. The molecule has 34 heavy (non-hydrogen) atoms. The van der Waals surface area contributed by atoms with E-state index in [9.17, 15) is 9.59 Å². The first-order valence-corrected chi connectivity index (χ1v) is 12.8. The number of pyridine rings is 1. The second-order valence-electron chi connectivity index (χ2n) is 6.94. The number of thioether (sulfide) groups is 2. The molecule has 0 aliphatic heterocycles. The molecule has 0 aliphatic rings. The molecule has 2 aromatic carbocycles. The van der Waals surface area contributed by atoms with Gasteiger partial charge in [0.25, 0.3) is 0 Å². The number of fused-ring (bicyclic) bond motifs is 1. The molecule has 0 saturated heterocycles. The normalized spacial score (nSPS) is 10.8. The van der Waals surface area contributed by atoms with Crippen LogP contribution in [0.15, 0.2) is 59.1 Å². The minimum absolute atomic E-state index is 0. The number of hydrogen-bond acceptors (Lipinski definition) is 5. The second-order valence-corrected chi connectivity index (χ2v) is 10.6. The van der Waals surface area contributed by atoms with Gasteiger partial charge >= 0.3 is 71.1 Å². The van der Waals surface area contributed by atoms with Crippen LogP contribution in [0.5, 0.6) is 0 Å². The van der Waals surface area contributed by atoms with Crippen LogP contribution in [-0.4, -0.2) is 38.6 Å². The zero-order chi connectivity index (χ0) is 22.9. The first-order chi connectivity index (χ1) is 15.4. The van der Waals surface area contributed by atoms with E-state index < -0.39 is 11.9 Å². The molecule has 10 heteroatoms. The number of benzene rings is 2. The van der Waals surface area contributed by atoms with Gasteiger partial charge in [0.2, 0.25) is 0 Å². The van der Waals surface area contributed by atoms with Crippen LogP contribution >= 0.6 is 39.5 Å². The number of carboxylic acids is 2. The molecular formula is C24H24BrNNa2O4S2. The number of nitrogens with zero attached hydrogens (tertiary/aromatic N) is 1. The Hall–Kier alpha value is -0.290. The maximum Gasteiger partial charge on any atom is 1.00 e. The van der Waals surface area contributed by atoms with Crippen molar-refractivity contribution in [2.24, 2.45) is 0 Å². The Labute approximate surface area is 263 Å².